The first-order chi connectivity index (χ1) is 6.86. The van der Waals surface area contributed by atoms with Gasteiger partial charge in [-0.3, -0.25) is 0 Å². The summed E-state index contributed by atoms with van der Waals surface area (Å²) < 4.78 is 0. The molecule has 0 spiro atoms. The van der Waals surface area contributed by atoms with E-state index in [9.17, 15) is 9.59 Å². The Hall–Kier alpha value is -2.04. The van der Waals surface area contributed by atoms with Crippen molar-refractivity contribution in [3.8, 4) is 0 Å². The molecule has 80 valence electrons. The Kier molecular flexibility index (Phi) is 2.65. The number of carbonyl (C=O) groups is 2. The summed E-state index contributed by atoms with van der Waals surface area (Å²) in [4.78, 5) is 21.7. The Balaban J connectivity index is 3.58. The highest BCUT2D eigenvalue weighted by Crippen LogP contribution is 2.24. The van der Waals surface area contributed by atoms with E-state index in [2.05, 4.69) is 0 Å². The van der Waals surface area contributed by atoms with E-state index >= 15 is 0 Å². The third kappa shape index (κ3) is 1.76. The van der Waals surface area contributed by atoms with Gasteiger partial charge in [-0.2, -0.15) is 0 Å². The zero-order valence-electron chi connectivity index (χ0n) is 8.37. The second-order valence-corrected chi connectivity index (χ2v) is 3.27. The molecule has 0 radical (unpaired) electrons. The summed E-state index contributed by atoms with van der Waals surface area (Å²) in [5, 5.41) is 17.7. The second kappa shape index (κ2) is 3.61. The van der Waals surface area contributed by atoms with Crippen molar-refractivity contribution in [2.75, 3.05) is 5.73 Å². The summed E-state index contributed by atoms with van der Waals surface area (Å²) in [6.45, 7) is 3.04. The van der Waals surface area contributed by atoms with Gasteiger partial charge in [0.05, 0.1) is 11.1 Å². The fraction of sp³-hybridized carbons (Fsp3) is 0.200. The predicted molar refractivity (Wildman–Crippen MR) is 54.2 cm³/mol. The topological polar surface area (TPSA) is 101 Å². The van der Waals surface area contributed by atoms with Crippen LogP contribution in [-0.2, 0) is 0 Å². The molecule has 1 aromatic rings. The molecule has 0 atom stereocenters. The maximum Gasteiger partial charge on any atom is 0.337 e. The molecule has 0 saturated heterocycles. The summed E-state index contributed by atoms with van der Waals surface area (Å²) in [7, 11) is 0. The van der Waals surface area contributed by atoms with E-state index in [4.69, 9.17) is 15.9 Å². The van der Waals surface area contributed by atoms with E-state index in [1.165, 1.54) is 13.0 Å². The van der Waals surface area contributed by atoms with E-state index in [1.807, 2.05) is 0 Å². The molecule has 1 rings (SSSR count). The quantitative estimate of drug-likeness (QED) is 0.637. The van der Waals surface area contributed by atoms with E-state index in [0.717, 1.165) is 0 Å². The average molecular weight is 209 g/mol. The number of hydrogen-bond donors (Lipinski definition) is 3. The lowest BCUT2D eigenvalue weighted by molar-refractivity contribution is 0.0680. The molecular weight excluding hydrogens is 198 g/mol. The van der Waals surface area contributed by atoms with Gasteiger partial charge in [0.1, 0.15) is 0 Å². The number of aromatic carboxylic acids is 2. The minimum Gasteiger partial charge on any atom is -0.478 e. The van der Waals surface area contributed by atoms with Gasteiger partial charge in [0.15, 0.2) is 0 Å². The van der Waals surface area contributed by atoms with E-state index in [1.54, 1.807) is 6.92 Å². The monoisotopic (exact) mass is 209 g/mol. The summed E-state index contributed by atoms with van der Waals surface area (Å²) in [6, 6.07) is 1.27. The molecule has 0 unspecified atom stereocenters. The fourth-order valence-electron chi connectivity index (χ4n) is 1.50. The minimum atomic E-state index is -1.16. The molecule has 5 heteroatoms. The van der Waals surface area contributed by atoms with Crippen molar-refractivity contribution in [2.45, 2.75) is 13.8 Å². The lowest BCUT2D eigenvalue weighted by Gasteiger charge is -2.10. The van der Waals surface area contributed by atoms with E-state index in [-0.39, 0.29) is 16.8 Å². The van der Waals surface area contributed by atoms with Crippen molar-refractivity contribution in [1.82, 2.24) is 0 Å². The number of aryl methyl sites for hydroxylation is 1. The van der Waals surface area contributed by atoms with Crippen LogP contribution in [0, 0.1) is 13.8 Å². The number of nitrogen functional groups attached to an aromatic ring is 1. The number of carboxylic acid groups (broad SMARTS) is 2. The largest absolute Gasteiger partial charge is 0.478 e. The molecule has 1 aromatic carbocycles. The van der Waals surface area contributed by atoms with Crippen LogP contribution in [0.2, 0.25) is 0 Å². The molecule has 0 aromatic heterocycles. The molecule has 15 heavy (non-hydrogen) atoms. The molecule has 0 bridgehead atoms. The summed E-state index contributed by atoms with van der Waals surface area (Å²) in [5.74, 6) is -2.26. The predicted octanol–water partition coefficient (Wildman–Crippen LogP) is 1.28. The van der Waals surface area contributed by atoms with E-state index in [0.29, 0.717) is 11.1 Å². The zero-order valence-corrected chi connectivity index (χ0v) is 8.37. The molecule has 0 heterocycles. The molecule has 0 fully saturated rings. The lowest BCUT2D eigenvalue weighted by atomic mass is 9.97. The first-order valence-corrected chi connectivity index (χ1v) is 4.22. The van der Waals surface area contributed by atoms with Crippen molar-refractivity contribution in [1.29, 1.82) is 0 Å². The van der Waals surface area contributed by atoms with Gasteiger partial charge in [-0.1, -0.05) is 0 Å². The van der Waals surface area contributed by atoms with E-state index < -0.39 is 11.9 Å². The fourth-order valence-corrected chi connectivity index (χ4v) is 1.50. The Morgan fingerprint density at radius 2 is 1.73 bits per heavy atom. The number of carboxylic acids is 2. The second-order valence-electron chi connectivity index (χ2n) is 3.27. The van der Waals surface area contributed by atoms with Gasteiger partial charge in [-0.25, -0.2) is 9.59 Å². The first kappa shape index (κ1) is 11.0. The highest BCUT2D eigenvalue weighted by Gasteiger charge is 2.18. The number of anilines is 1. The minimum absolute atomic E-state index is 0.00509. The number of nitrogens with two attached hydrogens (primary N) is 1. The Morgan fingerprint density at radius 1 is 1.20 bits per heavy atom. The summed E-state index contributed by atoms with van der Waals surface area (Å²) in [5.41, 5.74) is 6.25. The van der Waals surface area contributed by atoms with Crippen molar-refractivity contribution in [2.24, 2.45) is 0 Å². The van der Waals surface area contributed by atoms with Crippen LogP contribution in [-0.4, -0.2) is 22.2 Å². The van der Waals surface area contributed by atoms with Gasteiger partial charge in [0, 0.05) is 5.69 Å². The van der Waals surface area contributed by atoms with Gasteiger partial charge in [0.25, 0.3) is 0 Å². The van der Waals surface area contributed by atoms with Crippen LogP contribution in [0.3, 0.4) is 0 Å². The smallest absolute Gasteiger partial charge is 0.337 e. The van der Waals surface area contributed by atoms with Gasteiger partial charge in [-0.05, 0) is 31.0 Å². The summed E-state index contributed by atoms with van der Waals surface area (Å²) in [6.07, 6.45) is 0. The van der Waals surface area contributed by atoms with Crippen LogP contribution in [0.25, 0.3) is 0 Å². The standard InChI is InChI=1S/C10H11NO4/c1-4-3-6(9(12)13)8(11)5(2)7(4)10(14)15/h3H,11H2,1-2H3,(H,12,13)(H,14,15). The maximum absolute atomic E-state index is 10.9. The number of rotatable bonds is 2. The lowest BCUT2D eigenvalue weighted by Crippen LogP contribution is -2.11. The van der Waals surface area contributed by atoms with Gasteiger partial charge in [0.2, 0.25) is 0 Å². The number of benzene rings is 1. The van der Waals surface area contributed by atoms with Crippen LogP contribution in [0.4, 0.5) is 5.69 Å². The van der Waals surface area contributed by atoms with Crippen LogP contribution in [0.5, 0.6) is 0 Å². The zero-order chi connectivity index (χ0) is 11.7. The van der Waals surface area contributed by atoms with Crippen LogP contribution >= 0.6 is 0 Å². The van der Waals surface area contributed by atoms with Gasteiger partial charge in [-0.15, -0.1) is 0 Å². The normalized spacial score (nSPS) is 10.0. The maximum atomic E-state index is 10.9. The molecule has 0 amide bonds. The average Bonchev–Trinajstić information content (AvgIpc) is 2.10. The Bertz CT molecular complexity index is 451. The van der Waals surface area contributed by atoms with Crippen LogP contribution in [0.15, 0.2) is 6.07 Å². The van der Waals surface area contributed by atoms with Crippen LogP contribution < -0.4 is 5.73 Å². The molecule has 0 aliphatic carbocycles. The molecule has 4 N–H and O–H groups in total. The first-order valence-electron chi connectivity index (χ1n) is 4.22. The van der Waals surface area contributed by atoms with Crippen molar-refractivity contribution >= 4 is 17.6 Å². The van der Waals surface area contributed by atoms with Gasteiger partial charge < -0.3 is 15.9 Å². The highest BCUT2D eigenvalue weighted by molar-refractivity contribution is 6.00. The van der Waals surface area contributed by atoms with Gasteiger partial charge >= 0.3 is 11.9 Å². The molecule has 5 nitrogen and oxygen atoms in total. The van der Waals surface area contributed by atoms with Crippen molar-refractivity contribution in [3.63, 3.8) is 0 Å². The summed E-state index contributed by atoms with van der Waals surface area (Å²) >= 11 is 0. The van der Waals surface area contributed by atoms with Crippen LogP contribution in [0.1, 0.15) is 31.8 Å². The molecular formula is C10H11NO4. The SMILES string of the molecule is Cc1cc(C(=O)O)c(N)c(C)c1C(=O)O. The van der Waals surface area contributed by atoms with Crippen molar-refractivity contribution in [3.05, 3.63) is 28.3 Å². The molecule has 0 aliphatic rings. The Morgan fingerprint density at radius 3 is 2.13 bits per heavy atom. The third-order valence-electron chi connectivity index (χ3n) is 2.27. The molecule has 0 aliphatic heterocycles. The van der Waals surface area contributed by atoms with Crippen molar-refractivity contribution < 1.29 is 19.8 Å². The Labute approximate surface area is 86.1 Å². The molecule has 0 saturated carbocycles. The highest BCUT2D eigenvalue weighted by atomic mass is 16.4. The third-order valence-corrected chi connectivity index (χ3v) is 2.27. The number of hydrogen-bond acceptors (Lipinski definition) is 3.